The van der Waals surface area contributed by atoms with E-state index in [2.05, 4.69) is 34.6 Å². The van der Waals surface area contributed by atoms with Crippen molar-refractivity contribution in [2.24, 2.45) is 0 Å². The fourth-order valence-electron chi connectivity index (χ4n) is 1.90. The summed E-state index contributed by atoms with van der Waals surface area (Å²) in [5, 5.41) is 12.2. The second-order valence-corrected chi connectivity index (χ2v) is 5.76. The summed E-state index contributed by atoms with van der Waals surface area (Å²) >= 11 is 1.41. The zero-order valence-corrected chi connectivity index (χ0v) is 13.0. The summed E-state index contributed by atoms with van der Waals surface area (Å²) in [7, 11) is 0. The number of carbonyl (C=O) groups is 1. The number of aromatic nitrogens is 2. The van der Waals surface area contributed by atoms with Crippen molar-refractivity contribution in [1.82, 2.24) is 10.2 Å². The van der Waals surface area contributed by atoms with Gasteiger partial charge in [-0.3, -0.25) is 10.1 Å². The van der Waals surface area contributed by atoms with Crippen molar-refractivity contribution < 1.29 is 9.53 Å². The van der Waals surface area contributed by atoms with Gasteiger partial charge in [0.15, 0.2) is 0 Å². The molecule has 2 rings (SSSR count). The van der Waals surface area contributed by atoms with Crippen molar-refractivity contribution in [3.63, 3.8) is 0 Å². The molecule has 0 aliphatic heterocycles. The third-order valence-corrected chi connectivity index (χ3v) is 3.86. The van der Waals surface area contributed by atoms with Gasteiger partial charge in [-0.15, -0.1) is 10.2 Å². The molecule has 1 N–H and O–H groups in total. The Bertz CT molecular complexity index is 571. The summed E-state index contributed by atoms with van der Waals surface area (Å²) in [4.78, 5) is 11.5. The van der Waals surface area contributed by atoms with E-state index in [1.165, 1.54) is 16.9 Å². The number of rotatable bonds is 7. The van der Waals surface area contributed by atoms with Crippen LogP contribution in [-0.2, 0) is 16.0 Å². The molecule has 0 saturated heterocycles. The summed E-state index contributed by atoms with van der Waals surface area (Å²) in [6.07, 6.45) is 0.809. The van der Waals surface area contributed by atoms with Gasteiger partial charge in [0.05, 0.1) is 0 Å². The van der Waals surface area contributed by atoms with Crippen LogP contribution in [0.4, 0.5) is 5.13 Å². The Labute approximate surface area is 128 Å². The first-order valence-electron chi connectivity index (χ1n) is 6.94. The van der Waals surface area contributed by atoms with Crippen LogP contribution in [0.3, 0.4) is 0 Å². The number of amides is 1. The second kappa shape index (κ2) is 7.85. The van der Waals surface area contributed by atoms with Gasteiger partial charge in [0.25, 0.3) is 5.91 Å². The maximum Gasteiger partial charge on any atom is 0.252 e. The summed E-state index contributed by atoms with van der Waals surface area (Å²) in [5.41, 5.74) is 1.27. The molecule has 5 nitrogen and oxygen atoms in total. The third-order valence-electron chi connectivity index (χ3n) is 3.00. The Morgan fingerprint density at radius 1 is 1.33 bits per heavy atom. The molecule has 112 valence electrons. The molecule has 1 heterocycles. The minimum absolute atomic E-state index is 0.0475. The van der Waals surface area contributed by atoms with Crippen molar-refractivity contribution in [3.05, 3.63) is 40.9 Å². The van der Waals surface area contributed by atoms with E-state index in [9.17, 15) is 4.79 Å². The van der Waals surface area contributed by atoms with Crippen molar-refractivity contribution >= 4 is 22.4 Å². The number of carbonyl (C=O) groups excluding carboxylic acids is 1. The Balaban J connectivity index is 1.89. The fraction of sp³-hybridized carbons (Fsp3) is 0.400. The molecule has 0 aliphatic rings. The van der Waals surface area contributed by atoms with Crippen LogP contribution < -0.4 is 5.32 Å². The molecule has 0 fully saturated rings. The molecule has 1 atom stereocenters. The van der Waals surface area contributed by atoms with Gasteiger partial charge in [-0.1, -0.05) is 48.6 Å². The minimum Gasteiger partial charge on any atom is -0.372 e. The molecule has 21 heavy (non-hydrogen) atoms. The molecule has 0 spiro atoms. The fourth-order valence-corrected chi connectivity index (χ4v) is 2.78. The number of nitrogens with zero attached hydrogens (tertiary/aromatic N) is 2. The van der Waals surface area contributed by atoms with E-state index in [4.69, 9.17) is 4.74 Å². The van der Waals surface area contributed by atoms with E-state index in [1.54, 1.807) is 0 Å². The van der Waals surface area contributed by atoms with Crippen LogP contribution in [0, 0.1) is 0 Å². The third kappa shape index (κ3) is 4.91. The molecule has 1 aromatic carbocycles. The van der Waals surface area contributed by atoms with Gasteiger partial charge in [0.1, 0.15) is 11.6 Å². The molecule has 2 aromatic rings. The number of benzene rings is 1. The predicted molar refractivity (Wildman–Crippen MR) is 83.6 cm³/mol. The van der Waals surface area contributed by atoms with Crippen molar-refractivity contribution in [1.29, 1.82) is 0 Å². The van der Waals surface area contributed by atoms with Gasteiger partial charge in [-0.05, 0) is 18.4 Å². The molecule has 0 radical (unpaired) electrons. The van der Waals surface area contributed by atoms with E-state index in [0.29, 0.717) is 17.7 Å². The maximum atomic E-state index is 11.5. The van der Waals surface area contributed by atoms with E-state index in [0.717, 1.165) is 11.4 Å². The number of anilines is 1. The lowest BCUT2D eigenvalue weighted by atomic mass is 9.98. The standard InChI is InChI=1S/C15H19N3O2S/c1-3-20-10-13(19)16-15-18-17-14(21-15)9-11(2)12-7-5-4-6-8-12/h4-8,11H,3,9-10H2,1-2H3,(H,16,18,19)/t11-/m0/s1. The van der Waals surface area contributed by atoms with Crippen molar-refractivity contribution in [2.45, 2.75) is 26.2 Å². The molecule has 1 amide bonds. The van der Waals surface area contributed by atoms with Crippen molar-refractivity contribution in [2.75, 3.05) is 18.5 Å². The summed E-state index contributed by atoms with van der Waals surface area (Å²) in [5.74, 6) is 0.168. The van der Waals surface area contributed by atoms with E-state index in [1.807, 2.05) is 25.1 Å². The Morgan fingerprint density at radius 3 is 2.81 bits per heavy atom. The van der Waals surface area contributed by atoms with Gasteiger partial charge >= 0.3 is 0 Å². The Kier molecular flexibility index (Phi) is 5.83. The SMILES string of the molecule is CCOCC(=O)Nc1nnc(C[C@H](C)c2ccccc2)s1. The van der Waals surface area contributed by atoms with Crippen molar-refractivity contribution in [3.8, 4) is 0 Å². The molecule has 0 saturated carbocycles. The van der Waals surface area contributed by atoms with Crippen LogP contribution in [0.5, 0.6) is 0 Å². The number of nitrogens with one attached hydrogen (secondary N) is 1. The number of ether oxygens (including phenoxy) is 1. The lowest BCUT2D eigenvalue weighted by molar-refractivity contribution is -0.120. The average Bonchev–Trinajstić information content (AvgIpc) is 2.93. The smallest absolute Gasteiger partial charge is 0.252 e. The molecular formula is C15H19N3O2S. The normalized spacial score (nSPS) is 12.1. The molecule has 6 heteroatoms. The maximum absolute atomic E-state index is 11.5. The topological polar surface area (TPSA) is 64.1 Å². The molecule has 1 aromatic heterocycles. The predicted octanol–water partition coefficient (Wildman–Crippen LogP) is 2.86. The lowest BCUT2D eigenvalue weighted by Gasteiger charge is -2.08. The monoisotopic (exact) mass is 305 g/mol. The van der Waals surface area contributed by atoms with Gasteiger partial charge in [-0.25, -0.2) is 0 Å². The van der Waals surface area contributed by atoms with Crippen LogP contribution >= 0.6 is 11.3 Å². The van der Waals surface area contributed by atoms with Gasteiger partial charge in [0.2, 0.25) is 5.13 Å². The molecule has 0 aliphatic carbocycles. The summed E-state index contributed by atoms with van der Waals surface area (Å²) in [6.45, 7) is 4.57. The average molecular weight is 305 g/mol. The van der Waals surface area contributed by atoms with Crippen LogP contribution in [0.15, 0.2) is 30.3 Å². The van der Waals surface area contributed by atoms with Crippen LogP contribution in [-0.4, -0.2) is 29.3 Å². The molecule has 0 unspecified atom stereocenters. The van der Waals surface area contributed by atoms with Gasteiger partial charge in [0, 0.05) is 13.0 Å². The van der Waals surface area contributed by atoms with Crippen LogP contribution in [0.1, 0.15) is 30.3 Å². The van der Waals surface area contributed by atoms with Gasteiger partial charge in [-0.2, -0.15) is 0 Å². The zero-order valence-electron chi connectivity index (χ0n) is 12.2. The Morgan fingerprint density at radius 2 is 2.10 bits per heavy atom. The minimum atomic E-state index is -0.198. The lowest BCUT2D eigenvalue weighted by Crippen LogP contribution is -2.17. The quantitative estimate of drug-likeness (QED) is 0.854. The highest BCUT2D eigenvalue weighted by atomic mass is 32.1. The largest absolute Gasteiger partial charge is 0.372 e. The van der Waals surface area contributed by atoms with E-state index >= 15 is 0 Å². The summed E-state index contributed by atoms with van der Waals surface area (Å²) < 4.78 is 5.04. The first kappa shape index (κ1) is 15.6. The van der Waals surface area contributed by atoms with Crippen LogP contribution in [0.2, 0.25) is 0 Å². The first-order valence-corrected chi connectivity index (χ1v) is 7.75. The number of hydrogen-bond acceptors (Lipinski definition) is 5. The zero-order chi connectivity index (χ0) is 15.1. The highest BCUT2D eigenvalue weighted by Crippen LogP contribution is 2.23. The first-order chi connectivity index (χ1) is 10.2. The second-order valence-electron chi connectivity index (χ2n) is 4.70. The highest BCUT2D eigenvalue weighted by Gasteiger charge is 2.12. The molecule has 0 bridgehead atoms. The number of hydrogen-bond donors (Lipinski definition) is 1. The molecular weight excluding hydrogens is 286 g/mol. The van der Waals surface area contributed by atoms with E-state index in [-0.39, 0.29) is 12.5 Å². The van der Waals surface area contributed by atoms with Crippen LogP contribution in [0.25, 0.3) is 0 Å². The highest BCUT2D eigenvalue weighted by molar-refractivity contribution is 7.15. The van der Waals surface area contributed by atoms with Gasteiger partial charge < -0.3 is 4.74 Å². The van der Waals surface area contributed by atoms with E-state index < -0.39 is 0 Å². The Hall–Kier alpha value is -1.79. The summed E-state index contributed by atoms with van der Waals surface area (Å²) in [6, 6.07) is 10.3.